The summed E-state index contributed by atoms with van der Waals surface area (Å²) in [5.41, 5.74) is 0. The molecule has 7 heteroatoms. The fourth-order valence-corrected chi connectivity index (χ4v) is 0. The SMILES string of the molecule is O=C(O)O.[B-]C(=O)O.[Li+]. The maximum absolute atomic E-state index is 8.78. The van der Waals surface area contributed by atoms with Crippen molar-refractivity contribution in [1.82, 2.24) is 0 Å². The van der Waals surface area contributed by atoms with E-state index >= 15 is 0 Å². The molecular weight excluding hydrogens is 122 g/mol. The first-order valence-corrected chi connectivity index (χ1v) is 1.37. The molecule has 45 valence electrons. The molecule has 0 aliphatic carbocycles. The molecule has 0 rings (SSSR count). The Bertz CT molecular complexity index is 73.0. The molecule has 0 aliphatic rings. The zero-order valence-corrected chi connectivity index (χ0v) is 4.74. The fraction of sp³-hybridized carbons (Fsp3) is 0. The summed E-state index contributed by atoms with van der Waals surface area (Å²) in [7, 11) is 4.03. The normalized spacial score (nSPS) is 5.44. The quantitative estimate of drug-likeness (QED) is 0.301. The molecule has 0 aromatic heterocycles. The van der Waals surface area contributed by atoms with Crippen molar-refractivity contribution in [1.29, 1.82) is 0 Å². The zero-order valence-electron chi connectivity index (χ0n) is 4.74. The summed E-state index contributed by atoms with van der Waals surface area (Å²) in [5.74, 6) is -1.33. The van der Waals surface area contributed by atoms with Gasteiger partial charge in [-0.1, -0.05) is 0 Å². The molecule has 3 N–H and O–H groups in total. The topological polar surface area (TPSA) is 94.8 Å². The van der Waals surface area contributed by atoms with Crippen molar-refractivity contribution in [3.63, 3.8) is 0 Å². The molecule has 5 nitrogen and oxygen atoms in total. The van der Waals surface area contributed by atoms with E-state index in [0.717, 1.165) is 0 Å². The molecular formula is C2H3BLiO5. The van der Waals surface area contributed by atoms with Gasteiger partial charge in [-0.3, -0.25) is 0 Å². The summed E-state index contributed by atoms with van der Waals surface area (Å²) in [6, 6.07) is 0. The van der Waals surface area contributed by atoms with Crippen LogP contribution in [0.1, 0.15) is 0 Å². The van der Waals surface area contributed by atoms with Gasteiger partial charge >= 0.3 is 25.0 Å². The molecule has 0 atom stereocenters. The van der Waals surface area contributed by atoms with Crippen LogP contribution in [0.15, 0.2) is 0 Å². The molecule has 0 amide bonds. The monoisotopic (exact) mass is 125 g/mol. The Balaban J connectivity index is -0.0000000720. The minimum absolute atomic E-state index is 0. The standard InChI is InChI=1S/CHBO2.CH2O3.Li/c2*2-1(3)4;/h(H,3,4);(H2,2,3,4);/q-1;;+1. The van der Waals surface area contributed by atoms with E-state index in [1.165, 1.54) is 0 Å². The van der Waals surface area contributed by atoms with Crippen LogP contribution in [-0.2, 0) is 0 Å². The molecule has 0 aromatic rings. The van der Waals surface area contributed by atoms with E-state index < -0.39 is 12.0 Å². The van der Waals surface area contributed by atoms with Gasteiger partial charge in [0.05, 0.1) is 0 Å². The molecule has 0 aliphatic heterocycles. The smallest absolute Gasteiger partial charge is 0.524 e. The van der Waals surface area contributed by atoms with Gasteiger partial charge in [0, 0.05) is 5.87 Å². The van der Waals surface area contributed by atoms with Crippen LogP contribution in [0.3, 0.4) is 0 Å². The van der Waals surface area contributed by atoms with Crippen molar-refractivity contribution in [2.75, 3.05) is 0 Å². The third-order valence-electron chi connectivity index (χ3n) is 0. The zero-order chi connectivity index (χ0) is 7.15. The maximum Gasteiger partial charge on any atom is 1.00 e. The van der Waals surface area contributed by atoms with Gasteiger partial charge in [-0.2, -0.15) is 0 Å². The second kappa shape index (κ2) is 10.4. The van der Waals surface area contributed by atoms with Crippen LogP contribution in [0.2, 0.25) is 0 Å². The molecule has 0 fully saturated rings. The Kier molecular flexibility index (Phi) is 18.2. The predicted octanol–water partition coefficient (Wildman–Crippen LogP) is -2.94. The van der Waals surface area contributed by atoms with Gasteiger partial charge in [0.25, 0.3) is 0 Å². The number of hydrogen-bond donors (Lipinski definition) is 3. The summed E-state index contributed by atoms with van der Waals surface area (Å²) in [6.45, 7) is 0. The van der Waals surface area contributed by atoms with Crippen molar-refractivity contribution in [2.45, 2.75) is 0 Å². The predicted molar refractivity (Wildman–Crippen MR) is 24.4 cm³/mol. The number of hydrogen-bond acceptors (Lipinski definition) is 2. The molecule has 9 heavy (non-hydrogen) atoms. The van der Waals surface area contributed by atoms with Crippen molar-refractivity contribution in [2.24, 2.45) is 0 Å². The molecule has 0 saturated heterocycles. The van der Waals surface area contributed by atoms with E-state index in [4.69, 9.17) is 24.9 Å². The van der Waals surface area contributed by atoms with Crippen molar-refractivity contribution in [3.05, 3.63) is 0 Å². The minimum Gasteiger partial charge on any atom is -0.524 e. The van der Waals surface area contributed by atoms with Crippen molar-refractivity contribution < 1.29 is 43.8 Å². The fourth-order valence-electron chi connectivity index (χ4n) is 0. The first-order chi connectivity index (χ1) is 3.46. The first-order valence-electron chi connectivity index (χ1n) is 1.37. The van der Waals surface area contributed by atoms with E-state index in [9.17, 15) is 0 Å². The number of rotatable bonds is 0. The second-order valence-corrected chi connectivity index (χ2v) is 0.621. The van der Waals surface area contributed by atoms with Gasteiger partial charge in [0.15, 0.2) is 0 Å². The van der Waals surface area contributed by atoms with Crippen LogP contribution in [-0.4, -0.2) is 35.2 Å². The summed E-state index contributed by atoms with van der Waals surface area (Å²) in [4.78, 5) is 17.3. The van der Waals surface area contributed by atoms with Crippen LogP contribution >= 0.6 is 0 Å². The van der Waals surface area contributed by atoms with Crippen LogP contribution in [0.4, 0.5) is 9.59 Å². The summed E-state index contributed by atoms with van der Waals surface area (Å²) in [5, 5.41) is 21.1. The minimum atomic E-state index is -1.83. The molecule has 0 bridgehead atoms. The van der Waals surface area contributed by atoms with Gasteiger partial charge in [0.2, 0.25) is 0 Å². The van der Waals surface area contributed by atoms with Crippen LogP contribution in [0.5, 0.6) is 0 Å². The Morgan fingerprint density at radius 1 is 1.11 bits per heavy atom. The molecule has 3 radical (unpaired) electrons. The van der Waals surface area contributed by atoms with E-state index in [1.54, 1.807) is 0 Å². The number of carbonyl (C=O) groups is 2. The average molecular weight is 125 g/mol. The Labute approximate surface area is 64.3 Å². The average Bonchev–Trinajstić information content (AvgIpc) is 1.25. The third-order valence-corrected chi connectivity index (χ3v) is 0. The molecule has 0 aromatic carbocycles. The van der Waals surface area contributed by atoms with E-state index in [1.807, 2.05) is 0 Å². The van der Waals surface area contributed by atoms with Gasteiger partial charge in [-0.05, 0) is 0 Å². The summed E-state index contributed by atoms with van der Waals surface area (Å²) in [6.07, 6.45) is -1.83. The van der Waals surface area contributed by atoms with E-state index in [-0.39, 0.29) is 18.9 Å². The van der Waals surface area contributed by atoms with E-state index in [0.29, 0.717) is 0 Å². The number of carboxylic acid groups (broad SMARTS) is 3. The maximum atomic E-state index is 8.78. The first kappa shape index (κ1) is 15.8. The molecule has 0 heterocycles. The van der Waals surface area contributed by atoms with Gasteiger partial charge in [-0.25, -0.2) is 4.79 Å². The summed E-state index contributed by atoms with van der Waals surface area (Å²) >= 11 is 0. The largest absolute Gasteiger partial charge is 1.00 e. The van der Waals surface area contributed by atoms with Crippen molar-refractivity contribution in [3.8, 4) is 0 Å². The van der Waals surface area contributed by atoms with Crippen LogP contribution < -0.4 is 18.9 Å². The molecule has 0 unspecified atom stereocenters. The van der Waals surface area contributed by atoms with Gasteiger partial charge < -0.3 is 28.0 Å². The van der Waals surface area contributed by atoms with Gasteiger partial charge in [0.1, 0.15) is 0 Å². The Morgan fingerprint density at radius 2 is 1.11 bits per heavy atom. The second-order valence-electron chi connectivity index (χ2n) is 0.621. The van der Waals surface area contributed by atoms with Crippen molar-refractivity contribution >= 4 is 19.9 Å². The van der Waals surface area contributed by atoms with Crippen LogP contribution in [0, 0.1) is 0 Å². The Morgan fingerprint density at radius 3 is 1.11 bits per heavy atom. The third kappa shape index (κ3) is 605. The van der Waals surface area contributed by atoms with Gasteiger partial charge in [-0.15, -0.1) is 0 Å². The Hall–Kier alpha value is -0.598. The van der Waals surface area contributed by atoms with Crippen LogP contribution in [0.25, 0.3) is 0 Å². The molecule has 0 spiro atoms. The molecule has 0 saturated carbocycles. The van der Waals surface area contributed by atoms with E-state index in [2.05, 4.69) is 7.85 Å². The summed E-state index contributed by atoms with van der Waals surface area (Å²) < 4.78 is 0.